The first-order valence-corrected chi connectivity index (χ1v) is 13.9. The Morgan fingerprint density at radius 2 is 1.50 bits per heavy atom. The number of benzene rings is 3. The van der Waals surface area contributed by atoms with Crippen LogP contribution in [-0.2, 0) is 12.8 Å². The van der Waals surface area contributed by atoms with E-state index in [0.29, 0.717) is 6.54 Å². The maximum absolute atomic E-state index is 10.8. The van der Waals surface area contributed by atoms with Crippen molar-refractivity contribution in [3.05, 3.63) is 113 Å². The first kappa shape index (κ1) is 26.1. The highest BCUT2D eigenvalue weighted by molar-refractivity contribution is 5.86. The quantitative estimate of drug-likeness (QED) is 0.274. The van der Waals surface area contributed by atoms with E-state index in [1.807, 2.05) is 30.3 Å². The summed E-state index contributed by atoms with van der Waals surface area (Å²) >= 11 is 0. The molecule has 0 spiro atoms. The summed E-state index contributed by atoms with van der Waals surface area (Å²) in [6.45, 7) is 7.25. The molecule has 0 saturated carbocycles. The van der Waals surface area contributed by atoms with Crippen LogP contribution >= 0.6 is 0 Å². The normalized spacial score (nSPS) is 15.0. The lowest BCUT2D eigenvalue weighted by atomic mass is 9.83. The average Bonchev–Trinajstić information content (AvgIpc) is 2.97. The van der Waals surface area contributed by atoms with Crippen LogP contribution in [0.4, 0.5) is 0 Å². The molecule has 1 aliphatic heterocycles. The van der Waals surface area contributed by atoms with E-state index in [2.05, 4.69) is 72.3 Å². The van der Waals surface area contributed by atoms with Gasteiger partial charge in [0.05, 0.1) is 5.52 Å². The Morgan fingerprint density at radius 3 is 2.16 bits per heavy atom. The molecule has 3 aromatic carbocycles. The maximum atomic E-state index is 10.8. The van der Waals surface area contributed by atoms with Gasteiger partial charge in [0.1, 0.15) is 18.5 Å². The molecule has 1 atom stereocenters. The number of pyridine rings is 1. The number of β-amino-alcohol motifs (C(OH)–C–C–N with tert-alkyl or cyclic N) is 1. The maximum Gasteiger partial charge on any atom is 0.128 e. The number of likely N-dealkylation sites (tertiary alicyclic amines) is 1. The molecule has 0 aliphatic carbocycles. The Balaban J connectivity index is 1.30. The molecule has 0 amide bonds. The molecule has 0 bridgehead atoms. The highest BCUT2D eigenvalue weighted by atomic mass is 16.5. The molecule has 5 rings (SSSR count). The van der Waals surface area contributed by atoms with Crippen molar-refractivity contribution in [2.75, 3.05) is 26.2 Å². The number of aryl methyl sites for hydroxylation is 2. The summed E-state index contributed by atoms with van der Waals surface area (Å²) in [6, 6.07) is 27.5. The standard InChI is InChI=1S/C34H38N2O2/c1-3-25-11-5-7-13-29(25)34(30-14-8-6-12-26(30)4-2)27-18-21-36(22-19-27)23-28(37)24-38-33-17-9-16-32-31(33)15-10-20-35-32/h5-17,20,28,37H,3-4,18-19,21-24H2,1-2H3. The summed E-state index contributed by atoms with van der Waals surface area (Å²) < 4.78 is 6.02. The zero-order chi connectivity index (χ0) is 26.3. The van der Waals surface area contributed by atoms with Gasteiger partial charge >= 0.3 is 0 Å². The van der Waals surface area contributed by atoms with Crippen LogP contribution in [0.25, 0.3) is 16.5 Å². The summed E-state index contributed by atoms with van der Waals surface area (Å²) in [5.41, 5.74) is 9.40. The number of aliphatic hydroxyl groups excluding tert-OH is 1. The highest BCUT2D eigenvalue weighted by Gasteiger charge is 2.23. The van der Waals surface area contributed by atoms with Crippen molar-refractivity contribution in [3.63, 3.8) is 0 Å². The second-order valence-electron chi connectivity index (χ2n) is 10.1. The molecular formula is C34H38N2O2. The van der Waals surface area contributed by atoms with Gasteiger partial charge in [0.25, 0.3) is 0 Å². The van der Waals surface area contributed by atoms with Crippen LogP contribution in [0.2, 0.25) is 0 Å². The Morgan fingerprint density at radius 1 is 0.842 bits per heavy atom. The molecule has 1 aliphatic rings. The molecule has 1 fully saturated rings. The third-order valence-corrected chi connectivity index (χ3v) is 7.65. The van der Waals surface area contributed by atoms with Crippen LogP contribution in [0.15, 0.2) is 90.6 Å². The van der Waals surface area contributed by atoms with Crippen LogP contribution in [-0.4, -0.2) is 47.3 Å². The lowest BCUT2D eigenvalue weighted by Crippen LogP contribution is -2.39. The van der Waals surface area contributed by atoms with E-state index < -0.39 is 6.10 Å². The second kappa shape index (κ2) is 12.4. The zero-order valence-electron chi connectivity index (χ0n) is 22.6. The fraction of sp³-hybridized carbons (Fsp3) is 0.324. The van der Waals surface area contributed by atoms with Gasteiger partial charge in [0.15, 0.2) is 0 Å². The number of fused-ring (bicyclic) bond motifs is 1. The van der Waals surface area contributed by atoms with Crippen LogP contribution in [0.1, 0.15) is 48.9 Å². The Kier molecular flexibility index (Phi) is 8.52. The van der Waals surface area contributed by atoms with Crippen LogP contribution in [0, 0.1) is 0 Å². The minimum absolute atomic E-state index is 0.270. The van der Waals surface area contributed by atoms with Crippen LogP contribution in [0.5, 0.6) is 5.75 Å². The minimum Gasteiger partial charge on any atom is -0.490 e. The van der Waals surface area contributed by atoms with Crippen LogP contribution in [0.3, 0.4) is 0 Å². The van der Waals surface area contributed by atoms with E-state index >= 15 is 0 Å². The topological polar surface area (TPSA) is 45.6 Å². The third-order valence-electron chi connectivity index (χ3n) is 7.65. The summed E-state index contributed by atoms with van der Waals surface area (Å²) in [5, 5.41) is 11.8. The van der Waals surface area contributed by atoms with Crippen molar-refractivity contribution in [1.29, 1.82) is 0 Å². The number of ether oxygens (including phenoxy) is 1. The number of piperidine rings is 1. The van der Waals surface area contributed by atoms with Crippen molar-refractivity contribution in [1.82, 2.24) is 9.88 Å². The minimum atomic E-state index is -0.548. The van der Waals surface area contributed by atoms with E-state index in [9.17, 15) is 5.11 Å². The van der Waals surface area contributed by atoms with Crippen LogP contribution < -0.4 is 4.74 Å². The number of nitrogens with zero attached hydrogens (tertiary/aromatic N) is 2. The largest absolute Gasteiger partial charge is 0.490 e. The fourth-order valence-electron chi connectivity index (χ4n) is 5.66. The third kappa shape index (κ3) is 5.82. The smallest absolute Gasteiger partial charge is 0.128 e. The predicted molar refractivity (Wildman–Crippen MR) is 157 cm³/mol. The van der Waals surface area contributed by atoms with Gasteiger partial charge in [-0.15, -0.1) is 0 Å². The lowest BCUT2D eigenvalue weighted by molar-refractivity contribution is 0.0661. The van der Waals surface area contributed by atoms with E-state index in [-0.39, 0.29) is 6.61 Å². The molecule has 0 radical (unpaired) electrons. The van der Waals surface area contributed by atoms with Crippen molar-refractivity contribution in [2.45, 2.75) is 45.6 Å². The van der Waals surface area contributed by atoms with Gasteiger partial charge in [-0.1, -0.05) is 74.0 Å². The van der Waals surface area contributed by atoms with Crippen molar-refractivity contribution in [3.8, 4) is 5.75 Å². The molecule has 1 N–H and O–H groups in total. The van der Waals surface area contributed by atoms with Crippen molar-refractivity contribution >= 4 is 16.5 Å². The number of rotatable bonds is 9. The van der Waals surface area contributed by atoms with Gasteiger partial charge in [-0.2, -0.15) is 0 Å². The monoisotopic (exact) mass is 506 g/mol. The van der Waals surface area contributed by atoms with Gasteiger partial charge in [-0.3, -0.25) is 9.88 Å². The lowest BCUT2D eigenvalue weighted by Gasteiger charge is -2.32. The molecule has 1 aromatic heterocycles. The number of hydrogen-bond acceptors (Lipinski definition) is 4. The summed E-state index contributed by atoms with van der Waals surface area (Å²) in [5.74, 6) is 0.771. The first-order chi connectivity index (χ1) is 18.7. The number of hydrogen-bond donors (Lipinski definition) is 1. The van der Waals surface area contributed by atoms with Crippen molar-refractivity contribution < 1.29 is 9.84 Å². The summed E-state index contributed by atoms with van der Waals surface area (Å²) in [7, 11) is 0. The molecule has 4 aromatic rings. The van der Waals surface area contributed by atoms with Gasteiger partial charge in [-0.25, -0.2) is 0 Å². The summed E-state index contributed by atoms with van der Waals surface area (Å²) in [6.07, 6.45) is 5.29. The van der Waals surface area contributed by atoms with E-state index in [4.69, 9.17) is 4.74 Å². The average molecular weight is 507 g/mol. The molecule has 4 heteroatoms. The van der Waals surface area contributed by atoms with E-state index in [1.54, 1.807) is 6.20 Å². The summed E-state index contributed by atoms with van der Waals surface area (Å²) in [4.78, 5) is 6.77. The first-order valence-electron chi connectivity index (χ1n) is 13.9. The van der Waals surface area contributed by atoms with Gasteiger partial charge < -0.3 is 9.84 Å². The molecule has 2 heterocycles. The Hall–Kier alpha value is -3.47. The van der Waals surface area contributed by atoms with Gasteiger partial charge in [-0.05, 0) is 77.8 Å². The van der Waals surface area contributed by atoms with E-state index in [0.717, 1.165) is 55.4 Å². The fourth-order valence-corrected chi connectivity index (χ4v) is 5.66. The van der Waals surface area contributed by atoms with Crippen molar-refractivity contribution in [2.24, 2.45) is 0 Å². The van der Waals surface area contributed by atoms with Gasteiger partial charge in [0.2, 0.25) is 0 Å². The molecule has 1 saturated heterocycles. The van der Waals surface area contributed by atoms with E-state index in [1.165, 1.54) is 33.4 Å². The molecule has 1 unspecified atom stereocenters. The molecule has 4 nitrogen and oxygen atoms in total. The zero-order valence-corrected chi connectivity index (χ0v) is 22.6. The predicted octanol–water partition coefficient (Wildman–Crippen LogP) is 6.70. The molecular weight excluding hydrogens is 468 g/mol. The second-order valence-corrected chi connectivity index (χ2v) is 10.1. The highest BCUT2D eigenvalue weighted by Crippen LogP contribution is 2.36. The Labute approximate surface area is 226 Å². The molecule has 196 valence electrons. The molecule has 38 heavy (non-hydrogen) atoms. The number of aliphatic hydroxyl groups is 1. The number of aromatic nitrogens is 1. The Bertz CT molecular complexity index is 1350. The SMILES string of the molecule is CCc1ccccc1C(=C1CCN(CC(O)COc2cccc3ncccc23)CC1)c1ccccc1CC. The van der Waals surface area contributed by atoms with Gasteiger partial charge in [0, 0.05) is 31.2 Å².